The summed E-state index contributed by atoms with van der Waals surface area (Å²) in [6.07, 6.45) is 0. The number of ether oxygens (including phenoxy) is 2. The van der Waals surface area contributed by atoms with Gasteiger partial charge in [-0.05, 0) is 55.0 Å². The van der Waals surface area contributed by atoms with Gasteiger partial charge in [0.15, 0.2) is 17.3 Å². The van der Waals surface area contributed by atoms with Crippen molar-refractivity contribution in [3.63, 3.8) is 0 Å². The molecule has 0 radical (unpaired) electrons. The van der Waals surface area contributed by atoms with Crippen LogP contribution in [0, 0.1) is 5.82 Å². The Hall–Kier alpha value is -3.67. The van der Waals surface area contributed by atoms with Crippen LogP contribution in [0.5, 0.6) is 11.5 Å². The van der Waals surface area contributed by atoms with Gasteiger partial charge in [0, 0.05) is 24.2 Å². The summed E-state index contributed by atoms with van der Waals surface area (Å²) in [7, 11) is 3.12. The van der Waals surface area contributed by atoms with E-state index >= 15 is 0 Å². The fourth-order valence-corrected chi connectivity index (χ4v) is 3.32. The summed E-state index contributed by atoms with van der Waals surface area (Å²) < 4.78 is 23.8. The van der Waals surface area contributed by atoms with E-state index in [-0.39, 0.29) is 17.3 Å². The van der Waals surface area contributed by atoms with Crippen molar-refractivity contribution >= 4 is 11.7 Å². The number of amides is 1. The van der Waals surface area contributed by atoms with E-state index in [1.807, 2.05) is 19.1 Å². The van der Waals surface area contributed by atoms with Crippen molar-refractivity contribution in [2.24, 2.45) is 0 Å². The summed E-state index contributed by atoms with van der Waals surface area (Å²) in [4.78, 5) is 28.0. The quantitative estimate of drug-likeness (QED) is 0.493. The van der Waals surface area contributed by atoms with Crippen molar-refractivity contribution in [3.8, 4) is 11.5 Å². The number of carbonyl (C=O) groups excluding carboxylic acids is 2. The monoisotopic (exact) mass is 421 g/mol. The Bertz CT molecular complexity index is 1080. The maximum absolute atomic E-state index is 13.3. The van der Waals surface area contributed by atoms with Gasteiger partial charge in [-0.25, -0.2) is 4.39 Å². The Morgan fingerprint density at radius 1 is 0.871 bits per heavy atom. The summed E-state index contributed by atoms with van der Waals surface area (Å²) in [5, 5.41) is 0. The van der Waals surface area contributed by atoms with Crippen LogP contribution < -0.4 is 9.47 Å². The van der Waals surface area contributed by atoms with Crippen LogP contribution in [-0.2, 0) is 6.54 Å². The van der Waals surface area contributed by atoms with E-state index in [9.17, 15) is 14.0 Å². The topological polar surface area (TPSA) is 55.8 Å². The van der Waals surface area contributed by atoms with Crippen molar-refractivity contribution < 1.29 is 23.5 Å². The molecule has 0 saturated carbocycles. The molecule has 160 valence electrons. The highest BCUT2D eigenvalue weighted by molar-refractivity contribution is 6.15. The van der Waals surface area contributed by atoms with Crippen LogP contribution in [0.2, 0.25) is 0 Å². The predicted octanol–water partition coefficient (Wildman–Crippen LogP) is 4.74. The molecular formula is C25H24FNO4. The number of rotatable bonds is 8. The third-order valence-corrected chi connectivity index (χ3v) is 5.00. The molecule has 0 aliphatic heterocycles. The minimum Gasteiger partial charge on any atom is -0.493 e. The first-order valence-corrected chi connectivity index (χ1v) is 9.88. The van der Waals surface area contributed by atoms with E-state index in [1.54, 1.807) is 49.5 Å². The highest BCUT2D eigenvalue weighted by Crippen LogP contribution is 2.28. The third-order valence-electron chi connectivity index (χ3n) is 5.00. The molecule has 0 fully saturated rings. The van der Waals surface area contributed by atoms with Gasteiger partial charge in [-0.1, -0.05) is 24.3 Å². The summed E-state index contributed by atoms with van der Waals surface area (Å²) in [6, 6.07) is 17.5. The summed E-state index contributed by atoms with van der Waals surface area (Å²) in [6.45, 7) is 2.67. The van der Waals surface area contributed by atoms with Crippen LogP contribution in [0.25, 0.3) is 0 Å². The maximum atomic E-state index is 13.3. The molecule has 0 unspecified atom stereocenters. The summed E-state index contributed by atoms with van der Waals surface area (Å²) in [5.74, 6) is 0.175. The zero-order valence-electron chi connectivity index (χ0n) is 17.7. The molecule has 3 aromatic rings. The maximum Gasteiger partial charge on any atom is 0.254 e. The Labute approximate surface area is 181 Å². The zero-order chi connectivity index (χ0) is 22.4. The van der Waals surface area contributed by atoms with E-state index in [0.29, 0.717) is 35.7 Å². The second-order valence-corrected chi connectivity index (χ2v) is 6.89. The molecule has 0 aliphatic rings. The van der Waals surface area contributed by atoms with Gasteiger partial charge >= 0.3 is 0 Å². The Kier molecular flexibility index (Phi) is 7.03. The van der Waals surface area contributed by atoms with Gasteiger partial charge in [-0.3, -0.25) is 9.59 Å². The van der Waals surface area contributed by atoms with E-state index in [1.165, 1.54) is 24.3 Å². The Morgan fingerprint density at radius 2 is 1.52 bits per heavy atom. The first-order valence-electron chi connectivity index (χ1n) is 9.88. The number of methoxy groups -OCH3 is 2. The van der Waals surface area contributed by atoms with Crippen molar-refractivity contribution in [2.45, 2.75) is 13.5 Å². The van der Waals surface area contributed by atoms with Gasteiger partial charge in [0.1, 0.15) is 5.82 Å². The van der Waals surface area contributed by atoms with Gasteiger partial charge in [0.2, 0.25) is 0 Å². The molecular weight excluding hydrogens is 397 g/mol. The smallest absolute Gasteiger partial charge is 0.254 e. The number of hydrogen-bond acceptors (Lipinski definition) is 4. The molecule has 0 atom stereocenters. The standard InChI is InChI=1S/C25H24FNO4/c1-4-27(16-17-9-14-22(30-2)23(15-17)31-3)25(29)21-8-6-5-7-20(21)24(28)18-10-12-19(26)13-11-18/h5-15H,4,16H2,1-3H3. The Balaban J connectivity index is 1.89. The number of halogens is 1. The lowest BCUT2D eigenvalue weighted by molar-refractivity contribution is 0.0748. The molecule has 0 heterocycles. The van der Waals surface area contributed by atoms with Crippen LogP contribution in [0.4, 0.5) is 4.39 Å². The number of ketones is 1. The number of nitrogens with zero attached hydrogens (tertiary/aromatic N) is 1. The van der Waals surface area contributed by atoms with Gasteiger partial charge in [0.05, 0.1) is 19.8 Å². The largest absolute Gasteiger partial charge is 0.493 e. The summed E-state index contributed by atoms with van der Waals surface area (Å²) >= 11 is 0. The lowest BCUT2D eigenvalue weighted by atomic mass is 9.97. The molecule has 0 aromatic heterocycles. The molecule has 0 saturated heterocycles. The van der Waals surface area contributed by atoms with E-state index in [4.69, 9.17) is 9.47 Å². The van der Waals surface area contributed by atoms with Crippen molar-refractivity contribution in [2.75, 3.05) is 20.8 Å². The van der Waals surface area contributed by atoms with Gasteiger partial charge < -0.3 is 14.4 Å². The average molecular weight is 421 g/mol. The van der Waals surface area contributed by atoms with E-state index in [2.05, 4.69) is 0 Å². The minimum absolute atomic E-state index is 0.261. The molecule has 0 bridgehead atoms. The van der Waals surface area contributed by atoms with Crippen molar-refractivity contribution in [3.05, 3.63) is 94.8 Å². The fraction of sp³-hybridized carbons (Fsp3) is 0.200. The molecule has 1 amide bonds. The third kappa shape index (κ3) is 4.91. The second-order valence-electron chi connectivity index (χ2n) is 6.89. The number of carbonyl (C=O) groups is 2. The normalized spacial score (nSPS) is 10.5. The molecule has 0 N–H and O–H groups in total. The fourth-order valence-electron chi connectivity index (χ4n) is 3.32. The van der Waals surface area contributed by atoms with Crippen LogP contribution in [0.1, 0.15) is 38.8 Å². The lowest BCUT2D eigenvalue weighted by Gasteiger charge is -2.23. The van der Waals surface area contributed by atoms with Crippen LogP contribution in [0.3, 0.4) is 0 Å². The van der Waals surface area contributed by atoms with Crippen molar-refractivity contribution in [1.82, 2.24) is 4.90 Å². The molecule has 3 aromatic carbocycles. The van der Waals surface area contributed by atoms with E-state index < -0.39 is 5.82 Å². The van der Waals surface area contributed by atoms with Crippen LogP contribution in [-0.4, -0.2) is 37.4 Å². The first-order chi connectivity index (χ1) is 15.0. The minimum atomic E-state index is -0.423. The van der Waals surface area contributed by atoms with Gasteiger partial charge in [0.25, 0.3) is 5.91 Å². The molecule has 6 heteroatoms. The molecule has 3 rings (SSSR count). The summed E-state index contributed by atoms with van der Waals surface area (Å²) in [5.41, 5.74) is 1.78. The number of hydrogen-bond donors (Lipinski definition) is 0. The second kappa shape index (κ2) is 9.89. The first kappa shape index (κ1) is 22.0. The lowest BCUT2D eigenvalue weighted by Crippen LogP contribution is -2.31. The van der Waals surface area contributed by atoms with Crippen LogP contribution >= 0.6 is 0 Å². The molecule has 0 aliphatic carbocycles. The average Bonchev–Trinajstić information content (AvgIpc) is 2.82. The molecule has 31 heavy (non-hydrogen) atoms. The van der Waals surface area contributed by atoms with Crippen LogP contribution in [0.15, 0.2) is 66.7 Å². The highest BCUT2D eigenvalue weighted by atomic mass is 19.1. The molecule has 0 spiro atoms. The number of benzene rings is 3. The zero-order valence-corrected chi connectivity index (χ0v) is 17.7. The molecule has 5 nitrogen and oxygen atoms in total. The van der Waals surface area contributed by atoms with Gasteiger partial charge in [-0.2, -0.15) is 0 Å². The van der Waals surface area contributed by atoms with Crippen molar-refractivity contribution in [1.29, 1.82) is 0 Å². The van der Waals surface area contributed by atoms with Gasteiger partial charge in [-0.15, -0.1) is 0 Å². The van der Waals surface area contributed by atoms with E-state index in [0.717, 1.165) is 5.56 Å². The SMILES string of the molecule is CCN(Cc1ccc(OC)c(OC)c1)C(=O)c1ccccc1C(=O)c1ccc(F)cc1. The predicted molar refractivity (Wildman–Crippen MR) is 116 cm³/mol. The Morgan fingerprint density at radius 3 is 2.13 bits per heavy atom. The highest BCUT2D eigenvalue weighted by Gasteiger charge is 2.22.